The van der Waals surface area contributed by atoms with Crippen LogP contribution in [0.5, 0.6) is 5.75 Å². The van der Waals surface area contributed by atoms with Crippen molar-refractivity contribution in [3.8, 4) is 16.9 Å². The van der Waals surface area contributed by atoms with Crippen molar-refractivity contribution in [1.29, 1.82) is 0 Å². The van der Waals surface area contributed by atoms with Crippen LogP contribution in [-0.4, -0.2) is 26.7 Å². The topological polar surface area (TPSA) is 52.3 Å². The van der Waals surface area contributed by atoms with E-state index >= 15 is 0 Å². The fourth-order valence-electron chi connectivity index (χ4n) is 1.73. The van der Waals surface area contributed by atoms with Crippen molar-refractivity contribution in [2.45, 2.75) is 0 Å². The predicted octanol–water partition coefficient (Wildman–Crippen LogP) is 1.80. The average molecular weight is 226 g/mol. The average Bonchev–Trinajstić information content (AvgIpc) is 2.87. The molecule has 0 atom stereocenters. The van der Waals surface area contributed by atoms with E-state index in [2.05, 4.69) is 15.2 Å². The Kier molecular flexibility index (Phi) is 2.22. The first kappa shape index (κ1) is 9.77. The summed E-state index contributed by atoms with van der Waals surface area (Å²) in [4.78, 5) is 4.16. The zero-order chi connectivity index (χ0) is 11.7. The summed E-state index contributed by atoms with van der Waals surface area (Å²) in [6.07, 6.45) is 5.10. The third-order valence-corrected chi connectivity index (χ3v) is 2.61. The smallest absolute Gasteiger partial charge is 0.171 e. The Morgan fingerprint density at radius 2 is 1.94 bits per heavy atom. The molecule has 0 aliphatic heterocycles. The molecule has 3 aromatic rings. The Morgan fingerprint density at radius 3 is 2.71 bits per heavy atom. The summed E-state index contributed by atoms with van der Waals surface area (Å²) in [5.74, 6) is 0.829. The molecule has 17 heavy (non-hydrogen) atoms. The fourth-order valence-corrected chi connectivity index (χ4v) is 1.73. The van der Waals surface area contributed by atoms with E-state index in [9.17, 15) is 0 Å². The molecule has 5 nitrogen and oxygen atoms in total. The summed E-state index contributed by atoms with van der Waals surface area (Å²) < 4.78 is 6.92. The normalized spacial score (nSPS) is 10.6. The molecule has 2 aromatic heterocycles. The minimum Gasteiger partial charge on any atom is -0.497 e. The van der Waals surface area contributed by atoms with Crippen LogP contribution in [0, 0.1) is 0 Å². The zero-order valence-corrected chi connectivity index (χ0v) is 9.24. The first-order valence-corrected chi connectivity index (χ1v) is 5.16. The van der Waals surface area contributed by atoms with Crippen LogP contribution < -0.4 is 4.74 Å². The SMILES string of the molecule is COc1ccc(-c2cncn3cnnc23)cc1. The molecule has 3 rings (SSSR count). The van der Waals surface area contributed by atoms with Crippen LogP contribution in [0.2, 0.25) is 0 Å². The van der Waals surface area contributed by atoms with Gasteiger partial charge in [0.1, 0.15) is 18.4 Å². The molecule has 0 fully saturated rings. The molecule has 0 bridgehead atoms. The fraction of sp³-hybridized carbons (Fsp3) is 0.0833. The Labute approximate surface area is 97.7 Å². The first-order valence-electron chi connectivity index (χ1n) is 5.16. The molecule has 0 amide bonds. The maximum Gasteiger partial charge on any atom is 0.171 e. The minimum absolute atomic E-state index is 0.796. The molecule has 0 saturated carbocycles. The largest absolute Gasteiger partial charge is 0.497 e. The third-order valence-electron chi connectivity index (χ3n) is 2.61. The van der Waals surface area contributed by atoms with Gasteiger partial charge in [-0.25, -0.2) is 4.98 Å². The van der Waals surface area contributed by atoms with Crippen molar-refractivity contribution in [3.63, 3.8) is 0 Å². The van der Waals surface area contributed by atoms with Gasteiger partial charge in [0.2, 0.25) is 0 Å². The standard InChI is InChI=1S/C12H10N4O/c1-17-10-4-2-9(3-5-10)11-6-13-7-16-8-14-15-12(11)16/h2-8H,1H3. The molecule has 0 saturated heterocycles. The van der Waals surface area contributed by atoms with Gasteiger partial charge in [0.05, 0.1) is 7.11 Å². The number of hydrogen-bond donors (Lipinski definition) is 0. The molecular formula is C12H10N4O. The summed E-state index contributed by atoms with van der Waals surface area (Å²) in [6, 6.07) is 7.78. The number of hydrogen-bond acceptors (Lipinski definition) is 4. The Bertz CT molecular complexity index is 645. The van der Waals surface area contributed by atoms with Gasteiger partial charge in [-0.2, -0.15) is 0 Å². The van der Waals surface area contributed by atoms with E-state index in [1.165, 1.54) is 0 Å². The molecule has 0 aliphatic rings. The lowest BCUT2D eigenvalue weighted by molar-refractivity contribution is 0.415. The molecule has 0 radical (unpaired) electrons. The number of aromatic nitrogens is 4. The Hall–Kier alpha value is -2.43. The second-order valence-electron chi connectivity index (χ2n) is 3.60. The quantitative estimate of drug-likeness (QED) is 0.668. The van der Waals surface area contributed by atoms with Crippen molar-refractivity contribution >= 4 is 5.65 Å². The van der Waals surface area contributed by atoms with Crippen molar-refractivity contribution < 1.29 is 4.74 Å². The summed E-state index contributed by atoms with van der Waals surface area (Å²) in [5, 5.41) is 7.95. The number of benzene rings is 1. The van der Waals surface area contributed by atoms with Crippen LogP contribution in [0.1, 0.15) is 0 Å². The highest BCUT2D eigenvalue weighted by molar-refractivity contribution is 5.76. The van der Waals surface area contributed by atoms with Crippen LogP contribution in [0.15, 0.2) is 43.1 Å². The molecule has 5 heteroatoms. The van der Waals surface area contributed by atoms with E-state index in [1.807, 2.05) is 24.3 Å². The van der Waals surface area contributed by atoms with Gasteiger partial charge in [-0.05, 0) is 17.7 Å². The van der Waals surface area contributed by atoms with Gasteiger partial charge in [0, 0.05) is 11.8 Å². The molecule has 0 N–H and O–H groups in total. The lowest BCUT2D eigenvalue weighted by Crippen LogP contribution is -1.90. The van der Waals surface area contributed by atoms with Gasteiger partial charge in [-0.3, -0.25) is 4.40 Å². The lowest BCUT2D eigenvalue weighted by Gasteiger charge is -2.04. The van der Waals surface area contributed by atoms with Crippen LogP contribution in [0.25, 0.3) is 16.8 Å². The second-order valence-corrected chi connectivity index (χ2v) is 3.60. The van der Waals surface area contributed by atoms with E-state index in [0.29, 0.717) is 0 Å². The van der Waals surface area contributed by atoms with Gasteiger partial charge >= 0.3 is 0 Å². The highest BCUT2D eigenvalue weighted by atomic mass is 16.5. The van der Waals surface area contributed by atoms with E-state index in [-0.39, 0.29) is 0 Å². The molecule has 0 aliphatic carbocycles. The van der Waals surface area contributed by atoms with Gasteiger partial charge < -0.3 is 4.74 Å². The van der Waals surface area contributed by atoms with Crippen molar-refractivity contribution in [2.75, 3.05) is 7.11 Å². The predicted molar refractivity (Wildman–Crippen MR) is 62.8 cm³/mol. The summed E-state index contributed by atoms with van der Waals surface area (Å²) in [5.41, 5.74) is 2.79. The van der Waals surface area contributed by atoms with Crippen LogP contribution >= 0.6 is 0 Å². The molecular weight excluding hydrogens is 216 g/mol. The minimum atomic E-state index is 0.796. The maximum atomic E-state index is 5.13. The van der Waals surface area contributed by atoms with Crippen molar-refractivity contribution in [3.05, 3.63) is 43.1 Å². The van der Waals surface area contributed by atoms with Gasteiger partial charge in [0.25, 0.3) is 0 Å². The van der Waals surface area contributed by atoms with Gasteiger partial charge in [0.15, 0.2) is 5.65 Å². The van der Waals surface area contributed by atoms with Crippen LogP contribution in [0.4, 0.5) is 0 Å². The van der Waals surface area contributed by atoms with Crippen molar-refractivity contribution in [2.24, 2.45) is 0 Å². The Balaban J connectivity index is 2.16. The third kappa shape index (κ3) is 1.61. The second kappa shape index (κ2) is 3.86. The number of rotatable bonds is 2. The molecule has 0 spiro atoms. The van der Waals surface area contributed by atoms with E-state index in [1.54, 1.807) is 30.4 Å². The molecule has 2 heterocycles. The summed E-state index contributed by atoms with van der Waals surface area (Å²) in [7, 11) is 1.65. The number of nitrogens with zero attached hydrogens (tertiary/aromatic N) is 4. The molecule has 84 valence electrons. The van der Waals surface area contributed by atoms with E-state index in [4.69, 9.17) is 4.74 Å². The van der Waals surface area contributed by atoms with Crippen LogP contribution in [0.3, 0.4) is 0 Å². The first-order chi connectivity index (χ1) is 8.38. The van der Waals surface area contributed by atoms with E-state index in [0.717, 1.165) is 22.5 Å². The van der Waals surface area contributed by atoms with Gasteiger partial charge in [-0.1, -0.05) is 12.1 Å². The molecule has 0 unspecified atom stereocenters. The van der Waals surface area contributed by atoms with Crippen LogP contribution in [-0.2, 0) is 0 Å². The summed E-state index contributed by atoms with van der Waals surface area (Å²) >= 11 is 0. The maximum absolute atomic E-state index is 5.13. The molecule has 1 aromatic carbocycles. The highest BCUT2D eigenvalue weighted by Gasteiger charge is 2.06. The van der Waals surface area contributed by atoms with Crippen molar-refractivity contribution in [1.82, 2.24) is 19.6 Å². The number of methoxy groups -OCH3 is 1. The van der Waals surface area contributed by atoms with E-state index < -0.39 is 0 Å². The zero-order valence-electron chi connectivity index (χ0n) is 9.24. The Morgan fingerprint density at radius 1 is 1.12 bits per heavy atom. The number of fused-ring (bicyclic) bond motifs is 1. The summed E-state index contributed by atoms with van der Waals surface area (Å²) in [6.45, 7) is 0. The monoisotopic (exact) mass is 226 g/mol. The number of ether oxygens (including phenoxy) is 1. The highest BCUT2D eigenvalue weighted by Crippen LogP contribution is 2.24. The van der Waals surface area contributed by atoms with Gasteiger partial charge in [-0.15, -0.1) is 10.2 Å². The lowest BCUT2D eigenvalue weighted by atomic mass is 10.1.